The van der Waals surface area contributed by atoms with Crippen LogP contribution in [0.4, 0.5) is 0 Å². The summed E-state index contributed by atoms with van der Waals surface area (Å²) >= 11 is 0. The van der Waals surface area contributed by atoms with Gasteiger partial charge in [-0.1, -0.05) is 45.2 Å². The van der Waals surface area contributed by atoms with E-state index < -0.39 is 5.54 Å². The van der Waals surface area contributed by atoms with E-state index in [-0.39, 0.29) is 11.9 Å². The molecule has 0 bridgehead atoms. The molecule has 0 spiro atoms. The molecule has 0 aromatic heterocycles. The molecule has 128 valence electrons. The van der Waals surface area contributed by atoms with Crippen LogP contribution in [0.25, 0.3) is 0 Å². The van der Waals surface area contributed by atoms with E-state index in [1.54, 1.807) is 0 Å². The molecule has 1 aromatic rings. The molecule has 1 aliphatic carbocycles. The first-order chi connectivity index (χ1) is 10.9. The predicted molar refractivity (Wildman–Crippen MR) is 93.3 cm³/mol. The van der Waals surface area contributed by atoms with E-state index in [9.17, 15) is 4.79 Å². The number of carbonyl (C=O) groups is 1. The van der Waals surface area contributed by atoms with E-state index in [1.165, 1.54) is 6.42 Å². The minimum Gasteiger partial charge on any atom is -0.493 e. The summed E-state index contributed by atoms with van der Waals surface area (Å²) < 4.78 is 5.69. The maximum absolute atomic E-state index is 12.5. The van der Waals surface area contributed by atoms with Crippen molar-refractivity contribution in [3.8, 4) is 5.75 Å². The van der Waals surface area contributed by atoms with Gasteiger partial charge in [0, 0.05) is 0 Å². The summed E-state index contributed by atoms with van der Waals surface area (Å²) in [6.45, 7) is 6.95. The second-order valence-electron chi connectivity index (χ2n) is 7.19. The summed E-state index contributed by atoms with van der Waals surface area (Å²) in [5.41, 5.74) is 6.67. The Morgan fingerprint density at radius 2 is 1.78 bits per heavy atom. The van der Waals surface area contributed by atoms with Crippen LogP contribution >= 0.6 is 0 Å². The Labute approximate surface area is 139 Å². The minimum absolute atomic E-state index is 0.0233. The number of amides is 1. The maximum Gasteiger partial charge on any atom is 0.240 e. The van der Waals surface area contributed by atoms with E-state index in [0.29, 0.717) is 12.5 Å². The third-order valence-corrected chi connectivity index (χ3v) is 4.51. The van der Waals surface area contributed by atoms with Gasteiger partial charge < -0.3 is 15.8 Å². The molecule has 1 amide bonds. The van der Waals surface area contributed by atoms with Gasteiger partial charge in [0.1, 0.15) is 5.75 Å². The van der Waals surface area contributed by atoms with Crippen LogP contribution in [-0.4, -0.2) is 18.1 Å². The standard InChI is InChI=1S/C19H30N2O2/c1-14(2)13-23-17-9-7-16(8-10-17)15(3)21-18(22)19(20)11-5-4-6-12-19/h7-10,14-15H,4-6,11-13,20H2,1-3H3,(H,21,22). The zero-order valence-electron chi connectivity index (χ0n) is 14.6. The molecule has 4 nitrogen and oxygen atoms in total. The summed E-state index contributed by atoms with van der Waals surface area (Å²) in [5.74, 6) is 1.34. The first kappa shape index (κ1) is 17.8. The lowest BCUT2D eigenvalue weighted by Gasteiger charge is -2.33. The Balaban J connectivity index is 1.92. The molecular formula is C19H30N2O2. The van der Waals surface area contributed by atoms with Crippen LogP contribution < -0.4 is 15.8 Å². The molecule has 3 N–H and O–H groups in total. The van der Waals surface area contributed by atoms with E-state index >= 15 is 0 Å². The second-order valence-corrected chi connectivity index (χ2v) is 7.19. The lowest BCUT2D eigenvalue weighted by atomic mass is 9.81. The van der Waals surface area contributed by atoms with Crippen LogP contribution in [0, 0.1) is 5.92 Å². The van der Waals surface area contributed by atoms with Crippen molar-refractivity contribution in [1.82, 2.24) is 5.32 Å². The largest absolute Gasteiger partial charge is 0.493 e. The predicted octanol–water partition coefficient (Wildman–Crippen LogP) is 3.56. The van der Waals surface area contributed by atoms with Crippen molar-refractivity contribution >= 4 is 5.91 Å². The van der Waals surface area contributed by atoms with Crippen molar-refractivity contribution in [2.45, 2.75) is 64.5 Å². The molecule has 2 rings (SSSR count). The highest BCUT2D eigenvalue weighted by Crippen LogP contribution is 2.27. The lowest BCUT2D eigenvalue weighted by molar-refractivity contribution is -0.128. The van der Waals surface area contributed by atoms with E-state index in [0.717, 1.165) is 37.0 Å². The van der Waals surface area contributed by atoms with Gasteiger partial charge in [-0.25, -0.2) is 0 Å². The number of rotatable bonds is 6. The van der Waals surface area contributed by atoms with E-state index in [2.05, 4.69) is 19.2 Å². The van der Waals surface area contributed by atoms with Gasteiger partial charge in [0.05, 0.1) is 18.2 Å². The van der Waals surface area contributed by atoms with Gasteiger partial charge >= 0.3 is 0 Å². The van der Waals surface area contributed by atoms with Crippen molar-refractivity contribution in [2.75, 3.05) is 6.61 Å². The monoisotopic (exact) mass is 318 g/mol. The molecule has 1 fully saturated rings. The summed E-state index contributed by atoms with van der Waals surface area (Å²) in [4.78, 5) is 12.5. The van der Waals surface area contributed by atoms with Crippen LogP contribution in [0.3, 0.4) is 0 Å². The Hall–Kier alpha value is -1.55. The normalized spacial score (nSPS) is 18.5. The van der Waals surface area contributed by atoms with Gasteiger partial charge in [0.25, 0.3) is 0 Å². The van der Waals surface area contributed by atoms with Gasteiger partial charge in [0.2, 0.25) is 5.91 Å². The van der Waals surface area contributed by atoms with Crippen LogP contribution in [0.15, 0.2) is 24.3 Å². The molecule has 0 heterocycles. The molecule has 4 heteroatoms. The Morgan fingerprint density at radius 3 is 2.35 bits per heavy atom. The Kier molecular flexibility index (Phi) is 6.05. The molecule has 1 atom stereocenters. The van der Waals surface area contributed by atoms with Crippen molar-refractivity contribution in [3.05, 3.63) is 29.8 Å². The highest BCUT2D eigenvalue weighted by Gasteiger charge is 2.35. The van der Waals surface area contributed by atoms with Crippen molar-refractivity contribution < 1.29 is 9.53 Å². The number of benzene rings is 1. The number of nitrogens with one attached hydrogen (secondary N) is 1. The van der Waals surface area contributed by atoms with Gasteiger partial charge in [-0.2, -0.15) is 0 Å². The molecule has 1 unspecified atom stereocenters. The second kappa shape index (κ2) is 7.82. The van der Waals surface area contributed by atoms with Gasteiger partial charge in [-0.15, -0.1) is 0 Å². The molecule has 0 saturated heterocycles. The van der Waals surface area contributed by atoms with Crippen molar-refractivity contribution in [2.24, 2.45) is 11.7 Å². The average molecular weight is 318 g/mol. The van der Waals surface area contributed by atoms with E-state index in [4.69, 9.17) is 10.5 Å². The van der Waals surface area contributed by atoms with Crippen LogP contribution in [0.2, 0.25) is 0 Å². The average Bonchev–Trinajstić information content (AvgIpc) is 2.54. The summed E-state index contributed by atoms with van der Waals surface area (Å²) in [7, 11) is 0. The third-order valence-electron chi connectivity index (χ3n) is 4.51. The molecule has 23 heavy (non-hydrogen) atoms. The van der Waals surface area contributed by atoms with Crippen LogP contribution in [-0.2, 0) is 4.79 Å². The first-order valence-corrected chi connectivity index (χ1v) is 8.73. The number of hydrogen-bond donors (Lipinski definition) is 2. The van der Waals surface area contributed by atoms with Crippen LogP contribution in [0.5, 0.6) is 5.75 Å². The minimum atomic E-state index is -0.688. The quantitative estimate of drug-likeness (QED) is 0.843. The fourth-order valence-electron chi connectivity index (χ4n) is 2.95. The topological polar surface area (TPSA) is 64.3 Å². The molecule has 1 saturated carbocycles. The summed E-state index contributed by atoms with van der Waals surface area (Å²) in [6.07, 6.45) is 4.83. The lowest BCUT2D eigenvalue weighted by Crippen LogP contribution is -2.55. The SMILES string of the molecule is CC(C)COc1ccc(C(C)NC(=O)C2(N)CCCCC2)cc1. The number of nitrogens with two attached hydrogens (primary N) is 1. The smallest absolute Gasteiger partial charge is 0.240 e. The highest BCUT2D eigenvalue weighted by atomic mass is 16.5. The summed E-state index contributed by atoms with van der Waals surface area (Å²) in [5, 5.41) is 3.07. The molecule has 1 aromatic carbocycles. The molecular weight excluding hydrogens is 288 g/mol. The zero-order valence-corrected chi connectivity index (χ0v) is 14.6. The number of carbonyl (C=O) groups excluding carboxylic acids is 1. The zero-order chi connectivity index (χ0) is 16.9. The fraction of sp³-hybridized carbons (Fsp3) is 0.632. The maximum atomic E-state index is 12.5. The molecule has 0 radical (unpaired) electrons. The summed E-state index contributed by atoms with van der Waals surface area (Å²) in [6, 6.07) is 7.87. The van der Waals surface area contributed by atoms with Gasteiger partial charge in [-0.05, 0) is 43.4 Å². The Morgan fingerprint density at radius 1 is 1.17 bits per heavy atom. The van der Waals surface area contributed by atoms with E-state index in [1.807, 2.05) is 31.2 Å². The van der Waals surface area contributed by atoms with Crippen molar-refractivity contribution in [1.29, 1.82) is 0 Å². The Bertz CT molecular complexity index is 505. The van der Waals surface area contributed by atoms with Crippen LogP contribution in [0.1, 0.15) is 64.5 Å². The molecule has 0 aliphatic heterocycles. The first-order valence-electron chi connectivity index (χ1n) is 8.73. The molecule has 1 aliphatic rings. The van der Waals surface area contributed by atoms with Crippen molar-refractivity contribution in [3.63, 3.8) is 0 Å². The van der Waals surface area contributed by atoms with Gasteiger partial charge in [-0.3, -0.25) is 4.79 Å². The highest BCUT2D eigenvalue weighted by molar-refractivity contribution is 5.86. The fourth-order valence-corrected chi connectivity index (χ4v) is 2.95. The van der Waals surface area contributed by atoms with Gasteiger partial charge in [0.15, 0.2) is 0 Å². The third kappa shape index (κ3) is 4.96. The number of hydrogen-bond acceptors (Lipinski definition) is 3. The number of ether oxygens (including phenoxy) is 1.